The first kappa shape index (κ1) is 16.2. The quantitative estimate of drug-likeness (QED) is 0.911. The van der Waals surface area contributed by atoms with Crippen molar-refractivity contribution in [1.29, 1.82) is 0 Å². The molecule has 0 aliphatic rings. The zero-order valence-electron chi connectivity index (χ0n) is 11.8. The van der Waals surface area contributed by atoms with Crippen molar-refractivity contribution < 1.29 is 27.8 Å². The standard InChI is InChI=1S/C16H15F3O3/c1-21-13-8-7-12(15(20)16(17,18)19)9-14(13)22-10-11-5-3-2-4-6-11/h2-9,15,20H,10H2,1H3. The fourth-order valence-electron chi connectivity index (χ4n) is 1.90. The van der Waals surface area contributed by atoms with E-state index < -0.39 is 12.3 Å². The van der Waals surface area contributed by atoms with Crippen LogP contribution in [0.3, 0.4) is 0 Å². The smallest absolute Gasteiger partial charge is 0.418 e. The molecule has 0 aromatic heterocycles. The minimum absolute atomic E-state index is 0.146. The maximum Gasteiger partial charge on any atom is 0.418 e. The summed E-state index contributed by atoms with van der Waals surface area (Å²) in [5.74, 6) is 0.446. The molecule has 1 atom stereocenters. The first-order chi connectivity index (χ1) is 10.4. The lowest BCUT2D eigenvalue weighted by molar-refractivity contribution is -0.206. The Morgan fingerprint density at radius 3 is 2.32 bits per heavy atom. The van der Waals surface area contributed by atoms with Crippen molar-refractivity contribution in [2.24, 2.45) is 0 Å². The lowest BCUT2D eigenvalue weighted by Gasteiger charge is -2.17. The Hall–Kier alpha value is -2.21. The highest BCUT2D eigenvalue weighted by Crippen LogP contribution is 2.37. The first-order valence-corrected chi connectivity index (χ1v) is 6.51. The second kappa shape index (κ2) is 6.70. The van der Waals surface area contributed by atoms with Crippen LogP contribution in [0.25, 0.3) is 0 Å². The molecule has 0 aliphatic heterocycles. The van der Waals surface area contributed by atoms with Gasteiger partial charge in [-0.15, -0.1) is 0 Å². The molecule has 2 aromatic rings. The van der Waals surface area contributed by atoms with E-state index in [1.165, 1.54) is 13.2 Å². The molecular formula is C16H15F3O3. The van der Waals surface area contributed by atoms with Crippen molar-refractivity contribution >= 4 is 0 Å². The molecule has 118 valence electrons. The number of ether oxygens (including phenoxy) is 2. The molecule has 0 spiro atoms. The lowest BCUT2D eigenvalue weighted by Crippen LogP contribution is -2.20. The monoisotopic (exact) mass is 312 g/mol. The molecule has 0 aliphatic carbocycles. The van der Waals surface area contributed by atoms with Gasteiger partial charge < -0.3 is 14.6 Å². The number of aliphatic hydroxyl groups excluding tert-OH is 1. The Morgan fingerprint density at radius 2 is 1.73 bits per heavy atom. The van der Waals surface area contributed by atoms with Crippen LogP contribution in [-0.4, -0.2) is 18.4 Å². The van der Waals surface area contributed by atoms with E-state index in [1.807, 2.05) is 30.3 Å². The van der Waals surface area contributed by atoms with Crippen LogP contribution in [0.2, 0.25) is 0 Å². The Labute approximate surface area is 125 Å². The van der Waals surface area contributed by atoms with E-state index in [-0.39, 0.29) is 17.9 Å². The normalized spacial score (nSPS) is 12.8. The van der Waals surface area contributed by atoms with Gasteiger partial charge in [0.2, 0.25) is 0 Å². The van der Waals surface area contributed by atoms with Crippen LogP contribution < -0.4 is 9.47 Å². The Balaban J connectivity index is 2.21. The number of hydrogen-bond acceptors (Lipinski definition) is 3. The van der Waals surface area contributed by atoms with Crippen LogP contribution in [-0.2, 0) is 6.61 Å². The SMILES string of the molecule is COc1ccc(C(O)C(F)(F)F)cc1OCc1ccccc1. The van der Waals surface area contributed by atoms with Gasteiger partial charge in [-0.2, -0.15) is 13.2 Å². The van der Waals surface area contributed by atoms with E-state index >= 15 is 0 Å². The molecule has 1 N–H and O–H groups in total. The highest BCUT2D eigenvalue weighted by molar-refractivity contribution is 5.44. The summed E-state index contributed by atoms with van der Waals surface area (Å²) in [5, 5.41) is 9.31. The van der Waals surface area contributed by atoms with Gasteiger partial charge in [-0.1, -0.05) is 36.4 Å². The third-order valence-corrected chi connectivity index (χ3v) is 3.05. The van der Waals surface area contributed by atoms with Crippen LogP contribution in [0.1, 0.15) is 17.2 Å². The summed E-state index contributed by atoms with van der Waals surface area (Å²) in [4.78, 5) is 0. The lowest BCUT2D eigenvalue weighted by atomic mass is 10.1. The Morgan fingerprint density at radius 1 is 1.05 bits per heavy atom. The average Bonchev–Trinajstić information content (AvgIpc) is 2.52. The average molecular weight is 312 g/mol. The van der Waals surface area contributed by atoms with Crippen molar-refractivity contribution in [3.63, 3.8) is 0 Å². The highest BCUT2D eigenvalue weighted by Gasteiger charge is 2.39. The van der Waals surface area contributed by atoms with Gasteiger partial charge in [0.05, 0.1) is 7.11 Å². The molecule has 2 rings (SSSR count). The van der Waals surface area contributed by atoms with Crippen molar-refractivity contribution in [3.05, 3.63) is 59.7 Å². The van der Waals surface area contributed by atoms with Crippen LogP contribution >= 0.6 is 0 Å². The zero-order valence-corrected chi connectivity index (χ0v) is 11.8. The van der Waals surface area contributed by atoms with Gasteiger partial charge in [0.1, 0.15) is 6.61 Å². The van der Waals surface area contributed by atoms with E-state index in [1.54, 1.807) is 0 Å². The van der Waals surface area contributed by atoms with E-state index in [2.05, 4.69) is 0 Å². The third-order valence-electron chi connectivity index (χ3n) is 3.05. The summed E-state index contributed by atoms with van der Waals surface area (Å²) >= 11 is 0. The number of halogens is 3. The van der Waals surface area contributed by atoms with Crippen LogP contribution in [0, 0.1) is 0 Å². The van der Waals surface area contributed by atoms with Crippen molar-refractivity contribution in [3.8, 4) is 11.5 Å². The summed E-state index contributed by atoms with van der Waals surface area (Å²) in [6.45, 7) is 0.183. The van der Waals surface area contributed by atoms with E-state index in [4.69, 9.17) is 9.47 Å². The minimum atomic E-state index is -4.73. The molecule has 2 aromatic carbocycles. The van der Waals surface area contributed by atoms with Crippen LogP contribution in [0.4, 0.5) is 13.2 Å². The van der Waals surface area contributed by atoms with Gasteiger partial charge in [-0.3, -0.25) is 0 Å². The molecule has 6 heteroatoms. The fraction of sp³-hybridized carbons (Fsp3) is 0.250. The summed E-state index contributed by atoms with van der Waals surface area (Å²) in [7, 11) is 1.39. The summed E-state index contributed by atoms with van der Waals surface area (Å²) in [5.41, 5.74) is 0.572. The molecule has 0 fully saturated rings. The Bertz CT molecular complexity index is 612. The first-order valence-electron chi connectivity index (χ1n) is 6.51. The predicted molar refractivity (Wildman–Crippen MR) is 74.8 cm³/mol. The maximum absolute atomic E-state index is 12.6. The van der Waals surface area contributed by atoms with E-state index in [0.717, 1.165) is 17.7 Å². The number of methoxy groups -OCH3 is 1. The van der Waals surface area contributed by atoms with Crippen molar-refractivity contribution in [2.75, 3.05) is 7.11 Å². The number of alkyl halides is 3. The largest absolute Gasteiger partial charge is 0.493 e. The fourth-order valence-corrected chi connectivity index (χ4v) is 1.90. The number of rotatable bonds is 5. The Kier molecular flexibility index (Phi) is 4.92. The number of hydrogen-bond donors (Lipinski definition) is 1. The number of aliphatic hydroxyl groups is 1. The second-order valence-electron chi connectivity index (χ2n) is 4.63. The van der Waals surface area contributed by atoms with Crippen molar-refractivity contribution in [1.82, 2.24) is 0 Å². The van der Waals surface area contributed by atoms with Gasteiger partial charge in [0.25, 0.3) is 0 Å². The molecule has 0 radical (unpaired) electrons. The minimum Gasteiger partial charge on any atom is -0.493 e. The van der Waals surface area contributed by atoms with E-state index in [0.29, 0.717) is 5.75 Å². The van der Waals surface area contributed by atoms with Gasteiger partial charge in [0, 0.05) is 0 Å². The molecule has 0 saturated carbocycles. The van der Waals surface area contributed by atoms with Gasteiger partial charge >= 0.3 is 6.18 Å². The van der Waals surface area contributed by atoms with E-state index in [9.17, 15) is 18.3 Å². The van der Waals surface area contributed by atoms with Crippen LogP contribution in [0.15, 0.2) is 48.5 Å². The maximum atomic E-state index is 12.6. The molecule has 1 unspecified atom stereocenters. The summed E-state index contributed by atoms with van der Waals surface area (Å²) in [6, 6.07) is 12.8. The third kappa shape index (κ3) is 3.92. The predicted octanol–water partition coefficient (Wildman–Crippen LogP) is 3.87. The molecule has 0 amide bonds. The second-order valence-corrected chi connectivity index (χ2v) is 4.63. The van der Waals surface area contributed by atoms with Gasteiger partial charge in [-0.25, -0.2) is 0 Å². The highest BCUT2D eigenvalue weighted by atomic mass is 19.4. The molecule has 0 heterocycles. The summed E-state index contributed by atoms with van der Waals surface area (Å²) < 4.78 is 48.3. The van der Waals surface area contributed by atoms with Crippen molar-refractivity contribution in [2.45, 2.75) is 18.9 Å². The topological polar surface area (TPSA) is 38.7 Å². The number of benzene rings is 2. The molecule has 3 nitrogen and oxygen atoms in total. The summed E-state index contributed by atoms with van der Waals surface area (Å²) in [6.07, 6.45) is -7.29. The zero-order chi connectivity index (χ0) is 16.2. The van der Waals surface area contributed by atoms with Gasteiger partial charge in [0.15, 0.2) is 17.6 Å². The van der Waals surface area contributed by atoms with Gasteiger partial charge in [-0.05, 0) is 23.3 Å². The molecular weight excluding hydrogens is 297 g/mol. The molecule has 0 saturated heterocycles. The molecule has 22 heavy (non-hydrogen) atoms. The van der Waals surface area contributed by atoms with Crippen LogP contribution in [0.5, 0.6) is 11.5 Å². The molecule has 0 bridgehead atoms.